The number of hydrogen-bond acceptors (Lipinski definition) is 4. The molecule has 0 aliphatic heterocycles. The van der Waals surface area contributed by atoms with Crippen molar-refractivity contribution in [2.24, 2.45) is 0 Å². The molecule has 45 heavy (non-hydrogen) atoms. The molecule has 0 aliphatic rings. The molecule has 0 heterocycles. The topological polar surface area (TPSA) is 36.9 Å². The first-order valence-electron chi connectivity index (χ1n) is 20.4. The SMILES string of the molecule is CCCCCCCCCCOC(CCCCCCCCCCCC=COCOCCCCCC)OCCCCCCCCCC. The van der Waals surface area contributed by atoms with Crippen molar-refractivity contribution in [3.63, 3.8) is 0 Å². The van der Waals surface area contributed by atoms with Gasteiger partial charge < -0.3 is 18.9 Å². The fraction of sp³-hybridized carbons (Fsp3) is 0.951. The van der Waals surface area contributed by atoms with Gasteiger partial charge in [0.05, 0.1) is 12.9 Å². The molecule has 0 aromatic carbocycles. The van der Waals surface area contributed by atoms with Crippen LogP contribution in [-0.4, -0.2) is 32.9 Å². The minimum Gasteiger partial charge on any atom is -0.475 e. The molecule has 0 N–H and O–H groups in total. The zero-order chi connectivity index (χ0) is 32.6. The van der Waals surface area contributed by atoms with Crippen LogP contribution in [0.15, 0.2) is 12.3 Å². The van der Waals surface area contributed by atoms with Crippen molar-refractivity contribution in [2.75, 3.05) is 26.6 Å². The third kappa shape index (κ3) is 39.5. The fourth-order valence-corrected chi connectivity index (χ4v) is 5.84. The van der Waals surface area contributed by atoms with E-state index in [1.54, 1.807) is 0 Å². The van der Waals surface area contributed by atoms with Gasteiger partial charge in [-0.15, -0.1) is 0 Å². The van der Waals surface area contributed by atoms with E-state index in [-0.39, 0.29) is 6.29 Å². The molecule has 0 aromatic rings. The summed E-state index contributed by atoms with van der Waals surface area (Å²) >= 11 is 0. The fourth-order valence-electron chi connectivity index (χ4n) is 5.84. The van der Waals surface area contributed by atoms with E-state index in [0.29, 0.717) is 6.79 Å². The minimum atomic E-state index is 0.0154. The van der Waals surface area contributed by atoms with Gasteiger partial charge >= 0.3 is 0 Å². The molecule has 0 bridgehead atoms. The van der Waals surface area contributed by atoms with E-state index in [9.17, 15) is 0 Å². The van der Waals surface area contributed by atoms with Crippen LogP contribution in [0.2, 0.25) is 0 Å². The Morgan fingerprint density at radius 2 is 0.778 bits per heavy atom. The molecule has 4 heteroatoms. The third-order valence-corrected chi connectivity index (χ3v) is 8.90. The standard InChI is InChI=1S/C41H82O4/c1-4-7-10-13-15-24-28-33-38-44-41(45-39-34-29-25-16-14-11-8-5-2)35-30-26-22-20-18-17-19-21-23-27-32-37-43-40-42-36-31-12-9-6-3/h32,37,41H,4-31,33-36,38-40H2,1-3H3. The molecule has 0 unspecified atom stereocenters. The third-order valence-electron chi connectivity index (χ3n) is 8.90. The van der Waals surface area contributed by atoms with Crippen LogP contribution in [-0.2, 0) is 18.9 Å². The summed E-state index contributed by atoms with van der Waals surface area (Å²) in [5.74, 6) is 0. The van der Waals surface area contributed by atoms with Crippen LogP contribution in [0.1, 0.15) is 220 Å². The van der Waals surface area contributed by atoms with Crippen LogP contribution < -0.4 is 0 Å². The molecule has 0 atom stereocenters. The van der Waals surface area contributed by atoms with Crippen molar-refractivity contribution < 1.29 is 18.9 Å². The average molecular weight is 639 g/mol. The van der Waals surface area contributed by atoms with Crippen molar-refractivity contribution in [2.45, 2.75) is 226 Å². The molecule has 0 saturated heterocycles. The summed E-state index contributed by atoms with van der Waals surface area (Å²) in [7, 11) is 0. The lowest BCUT2D eigenvalue weighted by atomic mass is 10.1. The van der Waals surface area contributed by atoms with Crippen molar-refractivity contribution in [1.82, 2.24) is 0 Å². The zero-order valence-electron chi connectivity index (χ0n) is 31.1. The highest BCUT2D eigenvalue weighted by atomic mass is 16.7. The maximum atomic E-state index is 6.26. The number of ether oxygens (including phenoxy) is 4. The molecule has 0 aliphatic carbocycles. The highest BCUT2D eigenvalue weighted by Gasteiger charge is 2.09. The second kappa shape index (κ2) is 41.4. The predicted molar refractivity (Wildman–Crippen MR) is 197 cm³/mol. The zero-order valence-corrected chi connectivity index (χ0v) is 31.1. The Balaban J connectivity index is 3.78. The van der Waals surface area contributed by atoms with E-state index < -0.39 is 0 Å². The van der Waals surface area contributed by atoms with Gasteiger partial charge in [0.15, 0.2) is 13.1 Å². The average Bonchev–Trinajstić information content (AvgIpc) is 3.05. The van der Waals surface area contributed by atoms with Crippen LogP contribution >= 0.6 is 0 Å². The van der Waals surface area contributed by atoms with Gasteiger partial charge in [0.2, 0.25) is 0 Å². The lowest BCUT2D eigenvalue weighted by Crippen LogP contribution is -2.19. The van der Waals surface area contributed by atoms with Crippen molar-refractivity contribution in [1.29, 1.82) is 0 Å². The summed E-state index contributed by atoms with van der Waals surface area (Å²) in [4.78, 5) is 0. The second-order valence-corrected chi connectivity index (χ2v) is 13.5. The molecule has 0 aromatic heterocycles. The first kappa shape index (κ1) is 44.4. The normalized spacial score (nSPS) is 11.8. The highest BCUT2D eigenvalue weighted by molar-refractivity contribution is 4.72. The van der Waals surface area contributed by atoms with Gasteiger partial charge in [-0.2, -0.15) is 0 Å². The summed E-state index contributed by atoms with van der Waals surface area (Å²) in [5, 5.41) is 0. The van der Waals surface area contributed by atoms with Crippen LogP contribution in [0.25, 0.3) is 0 Å². The lowest BCUT2D eigenvalue weighted by molar-refractivity contribution is -0.148. The quantitative estimate of drug-likeness (QED) is 0.0380. The molecule has 0 amide bonds. The maximum absolute atomic E-state index is 6.26. The van der Waals surface area contributed by atoms with Gasteiger partial charge in [-0.25, -0.2) is 0 Å². The number of allylic oxidation sites excluding steroid dienone is 1. The smallest absolute Gasteiger partial charge is 0.188 e. The Bertz CT molecular complexity index is 516. The van der Waals surface area contributed by atoms with Gasteiger partial charge in [-0.1, -0.05) is 175 Å². The Morgan fingerprint density at radius 1 is 0.400 bits per heavy atom. The highest BCUT2D eigenvalue weighted by Crippen LogP contribution is 2.16. The number of hydrogen-bond donors (Lipinski definition) is 0. The molecule has 0 radical (unpaired) electrons. The van der Waals surface area contributed by atoms with E-state index in [2.05, 4.69) is 26.8 Å². The Kier molecular flexibility index (Phi) is 40.9. The molecule has 4 nitrogen and oxygen atoms in total. The minimum absolute atomic E-state index is 0.0154. The van der Waals surface area contributed by atoms with Gasteiger partial charge in [0, 0.05) is 13.2 Å². The second-order valence-electron chi connectivity index (χ2n) is 13.5. The van der Waals surface area contributed by atoms with Gasteiger partial charge in [0.1, 0.15) is 0 Å². The first-order chi connectivity index (χ1) is 22.3. The summed E-state index contributed by atoms with van der Waals surface area (Å²) in [6.07, 6.45) is 44.6. The Morgan fingerprint density at radius 3 is 1.27 bits per heavy atom. The first-order valence-corrected chi connectivity index (χ1v) is 20.4. The van der Waals surface area contributed by atoms with E-state index in [4.69, 9.17) is 18.9 Å². The predicted octanol–water partition coefficient (Wildman–Crippen LogP) is 14.0. The monoisotopic (exact) mass is 639 g/mol. The summed E-state index contributed by atoms with van der Waals surface area (Å²) in [6, 6.07) is 0. The van der Waals surface area contributed by atoms with Gasteiger partial charge in [0.25, 0.3) is 0 Å². The van der Waals surface area contributed by atoms with Gasteiger partial charge in [-0.3, -0.25) is 0 Å². The Hall–Kier alpha value is -0.580. The molecule has 270 valence electrons. The van der Waals surface area contributed by atoms with Gasteiger partial charge in [-0.05, 0) is 51.0 Å². The summed E-state index contributed by atoms with van der Waals surface area (Å²) < 4.78 is 23.4. The van der Waals surface area contributed by atoms with Crippen molar-refractivity contribution in [3.8, 4) is 0 Å². The van der Waals surface area contributed by atoms with Crippen molar-refractivity contribution >= 4 is 0 Å². The summed E-state index contributed by atoms with van der Waals surface area (Å²) in [6.45, 7) is 9.76. The van der Waals surface area contributed by atoms with Crippen molar-refractivity contribution in [3.05, 3.63) is 12.3 Å². The number of unbranched alkanes of at least 4 members (excludes halogenated alkanes) is 26. The van der Waals surface area contributed by atoms with Crippen LogP contribution in [0.4, 0.5) is 0 Å². The lowest BCUT2D eigenvalue weighted by Gasteiger charge is -2.19. The molecular weight excluding hydrogens is 556 g/mol. The van der Waals surface area contributed by atoms with E-state index in [1.165, 1.54) is 180 Å². The molecule has 0 saturated carbocycles. The molecular formula is C41H82O4. The Labute approximate surface area is 283 Å². The summed E-state index contributed by atoms with van der Waals surface area (Å²) in [5.41, 5.74) is 0. The maximum Gasteiger partial charge on any atom is 0.188 e. The number of rotatable bonds is 40. The van der Waals surface area contributed by atoms with Crippen LogP contribution in [0, 0.1) is 0 Å². The van der Waals surface area contributed by atoms with E-state index in [0.717, 1.165) is 39.1 Å². The van der Waals surface area contributed by atoms with E-state index in [1.807, 2.05) is 6.26 Å². The largest absolute Gasteiger partial charge is 0.475 e. The van der Waals surface area contributed by atoms with E-state index >= 15 is 0 Å². The van der Waals surface area contributed by atoms with Crippen LogP contribution in [0.5, 0.6) is 0 Å². The molecule has 0 fully saturated rings. The molecule has 0 spiro atoms. The van der Waals surface area contributed by atoms with Crippen LogP contribution in [0.3, 0.4) is 0 Å². The molecule has 0 rings (SSSR count).